The quantitative estimate of drug-likeness (QED) is 0.398. The molecule has 0 amide bonds. The van der Waals surface area contributed by atoms with Gasteiger partial charge in [0.2, 0.25) is 0 Å². The van der Waals surface area contributed by atoms with E-state index in [1.807, 2.05) is 30.3 Å². The summed E-state index contributed by atoms with van der Waals surface area (Å²) in [6, 6.07) is 14.0. The van der Waals surface area contributed by atoms with E-state index in [-0.39, 0.29) is 10.6 Å². The van der Waals surface area contributed by atoms with Gasteiger partial charge in [0.25, 0.3) is 5.69 Å². The highest BCUT2D eigenvalue weighted by molar-refractivity contribution is 7.98. The van der Waals surface area contributed by atoms with Crippen LogP contribution in [0.1, 0.15) is 5.56 Å². The fraction of sp³-hybridized carbons (Fsp3) is 0.0769. The van der Waals surface area contributed by atoms with E-state index in [0.717, 1.165) is 11.6 Å². The lowest BCUT2D eigenvalue weighted by Crippen LogP contribution is -2.08. The van der Waals surface area contributed by atoms with E-state index in [4.69, 9.17) is 5.84 Å². The first-order valence-electron chi connectivity index (χ1n) is 5.35. The maximum atomic E-state index is 13.7. The van der Waals surface area contributed by atoms with Crippen LogP contribution in [0, 0.1) is 10.7 Å². The molecule has 2 aromatic carbocycles. The van der Waals surface area contributed by atoms with E-state index in [9.17, 15) is 9.30 Å². The molecule has 0 aliphatic carbocycles. The lowest BCUT2D eigenvalue weighted by atomic mass is 10.2. The zero-order chi connectivity index (χ0) is 13.0. The van der Waals surface area contributed by atoms with Crippen LogP contribution < -0.4 is 5.84 Å². The molecule has 0 spiro atoms. The molecule has 0 heterocycles. The molecular weight excluding hydrogens is 251 g/mol. The number of rotatable bonds is 4. The number of hydrazine groups is 1. The molecule has 2 aromatic rings. The minimum Gasteiger partial charge on any atom is -0.205 e. The van der Waals surface area contributed by atoms with E-state index in [1.54, 1.807) is 6.07 Å². The topological polar surface area (TPSA) is 46.1 Å². The molecule has 0 fully saturated rings. The molecule has 0 saturated heterocycles. The molecule has 0 atom stereocenters. The standard InChI is InChI=1S/C13H12FN2OS/c14-12-8-11(16(15)17)6-7-13(12)18-9-10-4-2-1-3-5-10/h1-8H,9H2,(H2,15,17)/q+1. The lowest BCUT2D eigenvalue weighted by Gasteiger charge is -2.02. The van der Waals surface area contributed by atoms with E-state index in [1.165, 1.54) is 17.8 Å². The van der Waals surface area contributed by atoms with Gasteiger partial charge in [-0.25, -0.2) is 4.39 Å². The first-order valence-corrected chi connectivity index (χ1v) is 6.33. The number of nitrogens with zero attached hydrogens (tertiary/aromatic N) is 1. The third kappa shape index (κ3) is 3.07. The van der Waals surface area contributed by atoms with Crippen LogP contribution in [0.2, 0.25) is 0 Å². The number of hydrogen-bond acceptors (Lipinski definition) is 2. The highest BCUT2D eigenvalue weighted by atomic mass is 32.2. The highest BCUT2D eigenvalue weighted by Gasteiger charge is 2.12. The van der Waals surface area contributed by atoms with Gasteiger partial charge < -0.3 is 0 Å². The predicted molar refractivity (Wildman–Crippen MR) is 69.9 cm³/mol. The molecule has 5 heteroatoms. The largest absolute Gasteiger partial charge is 0.294 e. The monoisotopic (exact) mass is 263 g/mol. The summed E-state index contributed by atoms with van der Waals surface area (Å²) >= 11 is 1.38. The van der Waals surface area contributed by atoms with Gasteiger partial charge in [0.05, 0.1) is 11.0 Å². The van der Waals surface area contributed by atoms with Crippen molar-refractivity contribution in [3.8, 4) is 0 Å². The van der Waals surface area contributed by atoms with Crippen LogP contribution in [-0.2, 0) is 5.75 Å². The zero-order valence-electron chi connectivity index (χ0n) is 9.54. The molecule has 0 radical (unpaired) electrons. The van der Waals surface area contributed by atoms with Crippen molar-refractivity contribution in [1.82, 2.24) is 0 Å². The summed E-state index contributed by atoms with van der Waals surface area (Å²) < 4.78 is 13.7. The van der Waals surface area contributed by atoms with Crippen molar-refractivity contribution in [2.24, 2.45) is 5.84 Å². The molecule has 2 rings (SSSR count). The normalized spacial score (nSPS) is 10.3. The van der Waals surface area contributed by atoms with Crippen molar-refractivity contribution < 1.29 is 9.26 Å². The van der Waals surface area contributed by atoms with Crippen LogP contribution in [0.25, 0.3) is 0 Å². The van der Waals surface area contributed by atoms with Crippen molar-refractivity contribution in [1.29, 1.82) is 0 Å². The number of nitroso groups, excluding NO2 is 1. The van der Waals surface area contributed by atoms with Crippen LogP contribution in [-0.4, -0.2) is 4.87 Å². The van der Waals surface area contributed by atoms with E-state index in [0.29, 0.717) is 10.6 Å². The van der Waals surface area contributed by atoms with Gasteiger partial charge in [-0.05, 0) is 11.6 Å². The van der Waals surface area contributed by atoms with Crippen LogP contribution in [0.3, 0.4) is 0 Å². The predicted octanol–water partition coefficient (Wildman–Crippen LogP) is 3.40. The van der Waals surface area contributed by atoms with E-state index >= 15 is 0 Å². The van der Waals surface area contributed by atoms with Crippen molar-refractivity contribution in [3.63, 3.8) is 0 Å². The fourth-order valence-electron chi connectivity index (χ4n) is 1.48. The van der Waals surface area contributed by atoms with Gasteiger partial charge in [0.15, 0.2) is 4.87 Å². The second-order valence-corrected chi connectivity index (χ2v) is 4.73. The Bertz CT molecular complexity index is 560. The molecule has 2 N–H and O–H groups in total. The van der Waals surface area contributed by atoms with Crippen molar-refractivity contribution in [2.45, 2.75) is 10.6 Å². The van der Waals surface area contributed by atoms with E-state index < -0.39 is 5.82 Å². The molecule has 3 nitrogen and oxygen atoms in total. The SMILES string of the molecule is N[N+](=O)c1ccc(SCc2ccccc2)c(F)c1. The number of halogens is 1. The fourth-order valence-corrected chi connectivity index (χ4v) is 2.35. The van der Waals surface area contributed by atoms with Gasteiger partial charge >= 0.3 is 0 Å². The molecule has 0 aromatic heterocycles. The minimum absolute atomic E-state index is 0.108. The molecule has 18 heavy (non-hydrogen) atoms. The second kappa shape index (κ2) is 5.64. The molecule has 0 aliphatic heterocycles. The van der Waals surface area contributed by atoms with Crippen LogP contribution in [0.5, 0.6) is 0 Å². The average molecular weight is 263 g/mol. The Hall–Kier alpha value is -1.88. The van der Waals surface area contributed by atoms with Gasteiger partial charge in [-0.3, -0.25) is 0 Å². The van der Waals surface area contributed by atoms with Crippen LogP contribution in [0.4, 0.5) is 10.1 Å². The molecule has 0 unspecified atom stereocenters. The van der Waals surface area contributed by atoms with E-state index in [2.05, 4.69) is 0 Å². The number of nitrogens with two attached hydrogens (primary N) is 1. The van der Waals surface area contributed by atoms with Crippen LogP contribution in [0.15, 0.2) is 53.4 Å². The summed E-state index contributed by atoms with van der Waals surface area (Å²) in [4.78, 5) is 11.5. The summed E-state index contributed by atoms with van der Waals surface area (Å²) in [5, 5.41) is 0. The number of hydrogen-bond donors (Lipinski definition) is 1. The smallest absolute Gasteiger partial charge is 0.205 e. The summed E-state index contributed by atoms with van der Waals surface area (Å²) in [5.41, 5.74) is 1.23. The molecular formula is C13H12FN2OS+. The molecule has 92 valence electrons. The second-order valence-electron chi connectivity index (χ2n) is 3.71. The summed E-state index contributed by atoms with van der Waals surface area (Å²) in [5.74, 6) is 5.25. The highest BCUT2D eigenvalue weighted by Crippen LogP contribution is 2.27. The maximum Gasteiger partial charge on any atom is 0.294 e. The Kier molecular flexibility index (Phi) is 3.94. The molecule has 0 saturated carbocycles. The minimum atomic E-state index is -0.431. The first kappa shape index (κ1) is 12.6. The van der Waals surface area contributed by atoms with Crippen molar-refractivity contribution >= 4 is 17.4 Å². The summed E-state index contributed by atoms with van der Waals surface area (Å²) in [7, 11) is 0. The summed E-state index contributed by atoms with van der Waals surface area (Å²) in [6.07, 6.45) is 0. The average Bonchev–Trinajstić information content (AvgIpc) is 2.38. The first-order chi connectivity index (χ1) is 8.66. The van der Waals surface area contributed by atoms with Gasteiger partial charge in [-0.1, -0.05) is 30.3 Å². The number of benzene rings is 2. The van der Waals surface area contributed by atoms with Crippen molar-refractivity contribution in [2.75, 3.05) is 0 Å². The maximum absolute atomic E-state index is 13.7. The number of thioether (sulfide) groups is 1. The Morgan fingerprint density at radius 1 is 1.17 bits per heavy atom. The Labute approximate surface area is 108 Å². The zero-order valence-corrected chi connectivity index (χ0v) is 10.4. The molecule has 0 aliphatic rings. The third-order valence-corrected chi connectivity index (χ3v) is 3.53. The molecule has 0 bridgehead atoms. The van der Waals surface area contributed by atoms with Crippen molar-refractivity contribution in [3.05, 3.63) is 64.8 Å². The van der Waals surface area contributed by atoms with Gasteiger partial charge in [0, 0.05) is 16.7 Å². The Balaban J connectivity index is 2.08. The van der Waals surface area contributed by atoms with Gasteiger partial charge in [0.1, 0.15) is 5.82 Å². The Morgan fingerprint density at radius 2 is 1.89 bits per heavy atom. The van der Waals surface area contributed by atoms with Gasteiger partial charge in [-0.2, -0.15) is 5.84 Å². The van der Waals surface area contributed by atoms with Gasteiger partial charge in [-0.15, -0.1) is 11.8 Å². The Morgan fingerprint density at radius 3 is 2.50 bits per heavy atom. The van der Waals surface area contributed by atoms with Crippen LogP contribution >= 0.6 is 11.8 Å². The lowest BCUT2D eigenvalue weighted by molar-refractivity contribution is -0.474. The summed E-state index contributed by atoms with van der Waals surface area (Å²) in [6.45, 7) is 0. The third-order valence-electron chi connectivity index (χ3n) is 2.41.